The molecule has 0 aliphatic carbocycles. The highest BCUT2D eigenvalue weighted by Gasteiger charge is 2.32. The molecule has 94 valence electrons. The number of carbonyl (C=O) groups is 1. The van der Waals surface area contributed by atoms with Crippen LogP contribution in [0.3, 0.4) is 0 Å². The molecule has 4 heteroatoms. The van der Waals surface area contributed by atoms with E-state index in [0.29, 0.717) is 5.92 Å². The molecule has 1 N–H and O–H groups in total. The van der Waals surface area contributed by atoms with E-state index in [1.807, 2.05) is 0 Å². The van der Waals surface area contributed by atoms with Gasteiger partial charge in [0.15, 0.2) is 0 Å². The van der Waals surface area contributed by atoms with Gasteiger partial charge in [0, 0.05) is 13.2 Å². The number of rotatable bonds is 6. The van der Waals surface area contributed by atoms with Crippen LogP contribution in [-0.2, 0) is 9.53 Å². The number of ether oxygens (including phenoxy) is 1. The summed E-state index contributed by atoms with van der Waals surface area (Å²) in [4.78, 5) is 13.8. The van der Waals surface area contributed by atoms with Crippen LogP contribution in [0.2, 0.25) is 0 Å². The maximum Gasteiger partial charge on any atom is 0.323 e. The number of carbonyl (C=O) groups excluding carboxylic acids is 1. The van der Waals surface area contributed by atoms with Gasteiger partial charge >= 0.3 is 5.97 Å². The molecule has 1 rings (SSSR count). The van der Waals surface area contributed by atoms with Crippen molar-refractivity contribution in [3.05, 3.63) is 0 Å². The maximum absolute atomic E-state index is 11.7. The van der Waals surface area contributed by atoms with Crippen LogP contribution in [-0.4, -0.2) is 48.8 Å². The Balaban J connectivity index is 2.51. The zero-order chi connectivity index (χ0) is 12.0. The van der Waals surface area contributed by atoms with E-state index in [4.69, 9.17) is 9.84 Å². The first kappa shape index (κ1) is 13.5. The molecule has 0 aromatic heterocycles. The Morgan fingerprint density at radius 2 is 2.38 bits per heavy atom. The lowest BCUT2D eigenvalue weighted by atomic mass is 10.1. The van der Waals surface area contributed by atoms with Crippen molar-refractivity contribution in [3.63, 3.8) is 0 Å². The molecule has 16 heavy (non-hydrogen) atoms. The zero-order valence-electron chi connectivity index (χ0n) is 10.3. The fraction of sp³-hybridized carbons (Fsp3) is 0.917. The Morgan fingerprint density at radius 3 is 2.88 bits per heavy atom. The number of aliphatic hydroxyl groups excluding tert-OH is 1. The number of hydrogen-bond acceptors (Lipinski definition) is 4. The third-order valence-electron chi connectivity index (χ3n) is 3.32. The van der Waals surface area contributed by atoms with E-state index in [0.717, 1.165) is 38.8 Å². The third-order valence-corrected chi connectivity index (χ3v) is 3.32. The van der Waals surface area contributed by atoms with Crippen LogP contribution in [0.15, 0.2) is 0 Å². The summed E-state index contributed by atoms with van der Waals surface area (Å²) in [5.74, 6) is 0.195. The van der Waals surface area contributed by atoms with Gasteiger partial charge in [-0.1, -0.05) is 19.8 Å². The van der Waals surface area contributed by atoms with Crippen molar-refractivity contribution < 1.29 is 14.6 Å². The molecule has 0 amide bonds. The van der Waals surface area contributed by atoms with Crippen molar-refractivity contribution in [1.82, 2.24) is 4.90 Å². The molecule has 0 radical (unpaired) electrons. The predicted octanol–water partition coefficient (Wildman–Crippen LogP) is 1.03. The van der Waals surface area contributed by atoms with Gasteiger partial charge in [0.05, 0.1) is 7.11 Å². The summed E-state index contributed by atoms with van der Waals surface area (Å²) < 4.78 is 4.85. The van der Waals surface area contributed by atoms with E-state index in [2.05, 4.69) is 11.8 Å². The molecule has 1 aliphatic heterocycles. The molecular weight excluding hydrogens is 206 g/mol. The van der Waals surface area contributed by atoms with Crippen molar-refractivity contribution >= 4 is 5.97 Å². The monoisotopic (exact) mass is 229 g/mol. The summed E-state index contributed by atoms with van der Waals surface area (Å²) in [6, 6.07) is -0.110. The molecule has 1 aliphatic rings. The lowest BCUT2D eigenvalue weighted by Gasteiger charge is -2.25. The standard InChI is InChI=1S/C12H23NO3/c1-3-4-5-11(12(15)16-2)13-7-6-10(8-13)9-14/h10-11,14H,3-9H2,1-2H3. The fourth-order valence-electron chi connectivity index (χ4n) is 2.28. The van der Waals surface area contributed by atoms with E-state index in [-0.39, 0.29) is 18.6 Å². The first-order chi connectivity index (χ1) is 7.72. The van der Waals surface area contributed by atoms with Crippen LogP contribution in [0.5, 0.6) is 0 Å². The number of likely N-dealkylation sites (tertiary alicyclic amines) is 1. The van der Waals surface area contributed by atoms with Gasteiger partial charge in [-0.2, -0.15) is 0 Å². The largest absolute Gasteiger partial charge is 0.468 e. The van der Waals surface area contributed by atoms with Crippen LogP contribution in [0, 0.1) is 5.92 Å². The minimum atomic E-state index is -0.132. The van der Waals surface area contributed by atoms with E-state index in [1.54, 1.807) is 0 Å². The second kappa shape index (κ2) is 6.86. The van der Waals surface area contributed by atoms with E-state index >= 15 is 0 Å². The maximum atomic E-state index is 11.7. The van der Waals surface area contributed by atoms with Gasteiger partial charge in [0.1, 0.15) is 6.04 Å². The number of esters is 1. The number of unbranched alkanes of at least 4 members (excludes halogenated alkanes) is 1. The molecule has 0 bridgehead atoms. The van der Waals surface area contributed by atoms with Gasteiger partial charge in [-0.25, -0.2) is 0 Å². The van der Waals surface area contributed by atoms with Crippen molar-refractivity contribution in [2.75, 3.05) is 26.8 Å². The molecule has 2 unspecified atom stereocenters. The SMILES string of the molecule is CCCCC(C(=O)OC)N1CCC(CO)C1. The van der Waals surface area contributed by atoms with Gasteiger partial charge in [0.2, 0.25) is 0 Å². The highest BCUT2D eigenvalue weighted by molar-refractivity contribution is 5.75. The number of hydrogen-bond donors (Lipinski definition) is 1. The average molecular weight is 229 g/mol. The van der Waals surface area contributed by atoms with Crippen molar-refractivity contribution in [1.29, 1.82) is 0 Å². The van der Waals surface area contributed by atoms with E-state index in [1.165, 1.54) is 7.11 Å². The second-order valence-electron chi connectivity index (χ2n) is 4.51. The molecular formula is C12H23NO3. The van der Waals surface area contributed by atoms with Gasteiger partial charge in [0.25, 0.3) is 0 Å². The molecule has 2 atom stereocenters. The third kappa shape index (κ3) is 3.46. The van der Waals surface area contributed by atoms with E-state index < -0.39 is 0 Å². The topological polar surface area (TPSA) is 49.8 Å². The highest BCUT2D eigenvalue weighted by Crippen LogP contribution is 2.21. The fourth-order valence-corrected chi connectivity index (χ4v) is 2.28. The van der Waals surface area contributed by atoms with Crippen molar-refractivity contribution in [2.24, 2.45) is 5.92 Å². The van der Waals surface area contributed by atoms with Crippen LogP contribution in [0.25, 0.3) is 0 Å². The molecule has 0 saturated carbocycles. The Kier molecular flexibility index (Phi) is 5.77. The highest BCUT2D eigenvalue weighted by atomic mass is 16.5. The van der Waals surface area contributed by atoms with Crippen LogP contribution in [0.4, 0.5) is 0 Å². The summed E-state index contributed by atoms with van der Waals surface area (Å²) in [6.07, 6.45) is 3.97. The smallest absolute Gasteiger partial charge is 0.323 e. The molecule has 0 aromatic rings. The first-order valence-electron chi connectivity index (χ1n) is 6.15. The van der Waals surface area contributed by atoms with Crippen molar-refractivity contribution in [2.45, 2.75) is 38.6 Å². The van der Waals surface area contributed by atoms with E-state index in [9.17, 15) is 4.79 Å². The molecule has 0 aromatic carbocycles. The Hall–Kier alpha value is -0.610. The number of methoxy groups -OCH3 is 1. The molecule has 1 heterocycles. The minimum Gasteiger partial charge on any atom is -0.468 e. The average Bonchev–Trinajstić information content (AvgIpc) is 2.77. The lowest BCUT2D eigenvalue weighted by molar-refractivity contribution is -0.147. The zero-order valence-corrected chi connectivity index (χ0v) is 10.3. The van der Waals surface area contributed by atoms with Gasteiger partial charge < -0.3 is 9.84 Å². The Labute approximate surface area is 97.6 Å². The molecule has 1 fully saturated rings. The number of nitrogens with zero attached hydrogens (tertiary/aromatic N) is 1. The summed E-state index contributed by atoms with van der Waals surface area (Å²) in [7, 11) is 1.45. The van der Waals surface area contributed by atoms with Crippen molar-refractivity contribution in [3.8, 4) is 0 Å². The summed E-state index contributed by atoms with van der Waals surface area (Å²) in [5, 5.41) is 9.09. The van der Waals surface area contributed by atoms with Crippen LogP contribution >= 0.6 is 0 Å². The molecule has 4 nitrogen and oxygen atoms in total. The minimum absolute atomic E-state index is 0.110. The number of aliphatic hydroxyl groups is 1. The van der Waals surface area contributed by atoms with Gasteiger partial charge in [-0.05, 0) is 25.3 Å². The van der Waals surface area contributed by atoms with Gasteiger partial charge in [-0.15, -0.1) is 0 Å². The molecule has 1 saturated heterocycles. The Morgan fingerprint density at radius 1 is 1.62 bits per heavy atom. The summed E-state index contributed by atoms with van der Waals surface area (Å²) in [6.45, 7) is 4.06. The summed E-state index contributed by atoms with van der Waals surface area (Å²) in [5.41, 5.74) is 0. The van der Waals surface area contributed by atoms with Crippen LogP contribution in [0.1, 0.15) is 32.6 Å². The second-order valence-corrected chi connectivity index (χ2v) is 4.51. The first-order valence-corrected chi connectivity index (χ1v) is 6.15. The lowest BCUT2D eigenvalue weighted by Crippen LogP contribution is -2.40. The van der Waals surface area contributed by atoms with Crippen LogP contribution < -0.4 is 0 Å². The Bertz CT molecular complexity index is 220. The summed E-state index contributed by atoms with van der Waals surface area (Å²) >= 11 is 0. The normalized spacial score (nSPS) is 23.3. The molecule has 0 spiro atoms. The predicted molar refractivity (Wildman–Crippen MR) is 62.1 cm³/mol. The quantitative estimate of drug-likeness (QED) is 0.691. The van der Waals surface area contributed by atoms with Gasteiger partial charge in [-0.3, -0.25) is 9.69 Å².